The van der Waals surface area contributed by atoms with Gasteiger partial charge in [-0.15, -0.1) is 13.2 Å². The first-order valence-electron chi connectivity index (χ1n) is 7.21. The van der Waals surface area contributed by atoms with E-state index in [1.807, 2.05) is 0 Å². The van der Waals surface area contributed by atoms with Gasteiger partial charge >= 0.3 is 6.36 Å². The van der Waals surface area contributed by atoms with Gasteiger partial charge in [0.15, 0.2) is 0 Å². The largest absolute Gasteiger partial charge is 0.573 e. The minimum absolute atomic E-state index is 0.0371. The zero-order chi connectivity index (χ0) is 16.2. The van der Waals surface area contributed by atoms with Crippen LogP contribution in [0.25, 0.3) is 0 Å². The molecule has 22 heavy (non-hydrogen) atoms. The summed E-state index contributed by atoms with van der Waals surface area (Å²) in [5, 5.41) is 2.90. The van der Waals surface area contributed by atoms with Crippen LogP contribution in [0.4, 0.5) is 13.2 Å². The van der Waals surface area contributed by atoms with Gasteiger partial charge in [-0.25, -0.2) is 0 Å². The molecule has 0 radical (unpaired) electrons. The van der Waals surface area contributed by atoms with E-state index in [4.69, 9.17) is 5.73 Å². The maximum absolute atomic E-state index is 12.0. The molecule has 1 unspecified atom stereocenters. The zero-order valence-electron chi connectivity index (χ0n) is 12.0. The Morgan fingerprint density at radius 1 is 1.32 bits per heavy atom. The lowest BCUT2D eigenvalue weighted by Crippen LogP contribution is -2.41. The molecule has 1 saturated carbocycles. The van der Waals surface area contributed by atoms with Gasteiger partial charge in [-0.05, 0) is 42.9 Å². The molecular formula is C15H19F3N2O2. The minimum atomic E-state index is -4.69. The van der Waals surface area contributed by atoms with Crippen LogP contribution in [0.15, 0.2) is 24.3 Å². The van der Waals surface area contributed by atoms with Crippen molar-refractivity contribution in [2.24, 2.45) is 11.7 Å². The lowest BCUT2D eigenvalue weighted by molar-refractivity contribution is -0.274. The Hall–Kier alpha value is -1.76. The number of halogens is 3. The predicted molar refractivity (Wildman–Crippen MR) is 75.2 cm³/mol. The molecule has 122 valence electrons. The molecule has 1 fully saturated rings. The van der Waals surface area contributed by atoms with Crippen LogP contribution in [0.2, 0.25) is 0 Å². The van der Waals surface area contributed by atoms with Gasteiger partial charge < -0.3 is 15.8 Å². The van der Waals surface area contributed by atoms with Crippen molar-refractivity contribution < 1.29 is 22.7 Å². The number of nitrogens with one attached hydrogen (secondary N) is 1. The molecule has 0 aliphatic heterocycles. The number of hydrogen-bond donors (Lipinski definition) is 2. The van der Waals surface area contributed by atoms with Gasteiger partial charge in [-0.1, -0.05) is 12.1 Å². The number of benzene rings is 1. The molecule has 1 aliphatic rings. The molecule has 1 aliphatic carbocycles. The number of rotatable bonds is 7. The number of amides is 1. The second-order valence-corrected chi connectivity index (χ2v) is 5.44. The summed E-state index contributed by atoms with van der Waals surface area (Å²) >= 11 is 0. The third-order valence-corrected chi connectivity index (χ3v) is 3.59. The number of hydrogen-bond acceptors (Lipinski definition) is 3. The third kappa shape index (κ3) is 5.55. The van der Waals surface area contributed by atoms with Gasteiger partial charge in [0.05, 0.1) is 0 Å². The lowest BCUT2D eigenvalue weighted by Gasteiger charge is -2.16. The van der Waals surface area contributed by atoms with Crippen LogP contribution >= 0.6 is 0 Å². The first-order valence-corrected chi connectivity index (χ1v) is 7.21. The van der Waals surface area contributed by atoms with Crippen molar-refractivity contribution in [3.63, 3.8) is 0 Å². The molecular weight excluding hydrogens is 297 g/mol. The van der Waals surface area contributed by atoms with Crippen molar-refractivity contribution >= 4 is 5.91 Å². The van der Waals surface area contributed by atoms with Crippen LogP contribution in [-0.4, -0.2) is 24.9 Å². The van der Waals surface area contributed by atoms with Crippen LogP contribution in [0, 0.1) is 5.92 Å². The van der Waals surface area contributed by atoms with Gasteiger partial charge in [0.25, 0.3) is 0 Å². The highest BCUT2D eigenvalue weighted by Crippen LogP contribution is 2.32. The number of ether oxygens (including phenoxy) is 1. The summed E-state index contributed by atoms with van der Waals surface area (Å²) in [6.07, 6.45) is -1.75. The van der Waals surface area contributed by atoms with Gasteiger partial charge in [0, 0.05) is 19.0 Å². The molecule has 4 nitrogen and oxygen atoms in total. The molecule has 1 atom stereocenters. The van der Waals surface area contributed by atoms with Crippen LogP contribution in [0.3, 0.4) is 0 Å². The Labute approximate surface area is 126 Å². The van der Waals surface area contributed by atoms with Crippen LogP contribution < -0.4 is 15.8 Å². The Morgan fingerprint density at radius 2 is 1.95 bits per heavy atom. The standard InChI is InChI=1S/C15H19F3N2O2/c16-15(17,18)22-12-6-1-10(2-7-12)3-8-14(21)20-13(9-19)11-4-5-11/h1-2,6-7,11,13H,3-5,8-9,19H2,(H,20,21). The van der Waals surface area contributed by atoms with Gasteiger partial charge in [0.2, 0.25) is 5.91 Å². The molecule has 7 heteroatoms. The molecule has 1 aromatic carbocycles. The molecule has 0 saturated heterocycles. The predicted octanol–water partition coefficient (Wildman–Crippen LogP) is 2.37. The van der Waals surface area contributed by atoms with Gasteiger partial charge in [-0.2, -0.15) is 0 Å². The van der Waals surface area contributed by atoms with E-state index in [0.717, 1.165) is 18.4 Å². The molecule has 1 amide bonds. The number of carbonyl (C=O) groups excluding carboxylic acids is 1. The fourth-order valence-corrected chi connectivity index (χ4v) is 2.26. The van der Waals surface area contributed by atoms with Crippen molar-refractivity contribution in [3.8, 4) is 5.75 Å². The van der Waals surface area contributed by atoms with Crippen molar-refractivity contribution in [2.75, 3.05) is 6.54 Å². The zero-order valence-corrected chi connectivity index (χ0v) is 12.0. The summed E-state index contributed by atoms with van der Waals surface area (Å²) in [7, 11) is 0. The maximum atomic E-state index is 12.0. The molecule has 2 rings (SSSR count). The molecule has 0 aromatic heterocycles. The van der Waals surface area contributed by atoms with Crippen molar-refractivity contribution in [2.45, 2.75) is 38.1 Å². The molecule has 0 bridgehead atoms. The number of aryl methyl sites for hydroxylation is 1. The molecule has 0 spiro atoms. The highest BCUT2D eigenvalue weighted by molar-refractivity contribution is 5.76. The topological polar surface area (TPSA) is 64.3 Å². The number of nitrogens with two attached hydrogens (primary N) is 1. The fraction of sp³-hybridized carbons (Fsp3) is 0.533. The van der Waals surface area contributed by atoms with Gasteiger partial charge in [-0.3, -0.25) is 4.79 Å². The average Bonchev–Trinajstić information content (AvgIpc) is 3.27. The monoisotopic (exact) mass is 316 g/mol. The van der Waals surface area contributed by atoms with E-state index in [2.05, 4.69) is 10.1 Å². The summed E-state index contributed by atoms with van der Waals surface area (Å²) in [6, 6.07) is 5.57. The molecule has 3 N–H and O–H groups in total. The van der Waals surface area contributed by atoms with Crippen LogP contribution in [0.1, 0.15) is 24.8 Å². The SMILES string of the molecule is NCC(NC(=O)CCc1ccc(OC(F)(F)F)cc1)C1CC1. The Kier molecular flexibility index (Phi) is 5.28. The van der Waals surface area contributed by atoms with E-state index in [0.29, 0.717) is 18.9 Å². The van der Waals surface area contributed by atoms with E-state index in [1.165, 1.54) is 24.3 Å². The minimum Gasteiger partial charge on any atom is -0.406 e. The number of alkyl halides is 3. The highest BCUT2D eigenvalue weighted by atomic mass is 19.4. The summed E-state index contributed by atoms with van der Waals surface area (Å²) in [5.74, 6) is 0.142. The Morgan fingerprint density at radius 3 is 2.45 bits per heavy atom. The fourth-order valence-electron chi connectivity index (χ4n) is 2.26. The van der Waals surface area contributed by atoms with Crippen molar-refractivity contribution in [3.05, 3.63) is 29.8 Å². The molecule has 0 heterocycles. The Bertz CT molecular complexity index is 499. The van der Waals surface area contributed by atoms with E-state index in [1.54, 1.807) is 0 Å². The normalized spacial score (nSPS) is 16.2. The summed E-state index contributed by atoms with van der Waals surface area (Å²) in [5.41, 5.74) is 6.39. The van der Waals surface area contributed by atoms with E-state index < -0.39 is 6.36 Å². The number of carbonyl (C=O) groups is 1. The third-order valence-electron chi connectivity index (χ3n) is 3.59. The summed E-state index contributed by atoms with van der Waals surface area (Å²) in [4.78, 5) is 11.8. The van der Waals surface area contributed by atoms with Crippen molar-refractivity contribution in [1.82, 2.24) is 5.32 Å². The summed E-state index contributed by atoms with van der Waals surface area (Å²) in [6.45, 7) is 0.430. The van der Waals surface area contributed by atoms with Crippen molar-refractivity contribution in [1.29, 1.82) is 0 Å². The Balaban J connectivity index is 1.77. The van der Waals surface area contributed by atoms with E-state index in [9.17, 15) is 18.0 Å². The first-order chi connectivity index (χ1) is 10.4. The van der Waals surface area contributed by atoms with Crippen LogP contribution in [-0.2, 0) is 11.2 Å². The first kappa shape index (κ1) is 16.6. The van der Waals surface area contributed by atoms with E-state index in [-0.39, 0.29) is 24.1 Å². The average molecular weight is 316 g/mol. The van der Waals surface area contributed by atoms with Crippen LogP contribution in [0.5, 0.6) is 5.75 Å². The quantitative estimate of drug-likeness (QED) is 0.812. The smallest absolute Gasteiger partial charge is 0.406 e. The molecule has 1 aromatic rings. The van der Waals surface area contributed by atoms with Gasteiger partial charge in [0.1, 0.15) is 5.75 Å². The highest BCUT2D eigenvalue weighted by Gasteiger charge is 2.31. The second-order valence-electron chi connectivity index (χ2n) is 5.44. The lowest BCUT2D eigenvalue weighted by atomic mass is 10.1. The maximum Gasteiger partial charge on any atom is 0.573 e. The summed E-state index contributed by atoms with van der Waals surface area (Å²) < 4.78 is 39.9. The second kappa shape index (κ2) is 7.00. The van der Waals surface area contributed by atoms with E-state index >= 15 is 0 Å².